The van der Waals surface area contributed by atoms with E-state index in [-0.39, 0.29) is 0 Å². The molecule has 0 amide bonds. The van der Waals surface area contributed by atoms with Crippen molar-refractivity contribution in [3.8, 4) is 5.69 Å². The molecule has 0 saturated heterocycles. The molecule has 0 aliphatic rings. The second-order valence-electron chi connectivity index (χ2n) is 4.82. The largest absolute Gasteiger partial charge is 0.296 e. The number of aromatic nitrogens is 2. The molecule has 0 saturated carbocycles. The maximum absolute atomic E-state index is 5.95. The van der Waals surface area contributed by atoms with Gasteiger partial charge >= 0.3 is 0 Å². The number of halogens is 3. The minimum absolute atomic E-state index is 0.553. The first kappa shape index (κ1) is 15.1. The molecule has 21 heavy (non-hydrogen) atoms. The van der Waals surface area contributed by atoms with Crippen LogP contribution < -0.4 is 0 Å². The second-order valence-corrected chi connectivity index (χ2v) is 6.97. The van der Waals surface area contributed by atoms with Crippen LogP contribution in [0, 0.1) is 6.92 Å². The van der Waals surface area contributed by atoms with E-state index in [0.29, 0.717) is 5.88 Å². The van der Waals surface area contributed by atoms with Gasteiger partial charge in [-0.3, -0.25) is 4.57 Å². The molecule has 0 bridgehead atoms. The summed E-state index contributed by atoms with van der Waals surface area (Å²) in [5, 5.41) is 0. The van der Waals surface area contributed by atoms with E-state index < -0.39 is 0 Å². The average Bonchev–Trinajstić information content (AvgIpc) is 2.80. The third-order valence-electron chi connectivity index (χ3n) is 3.48. The van der Waals surface area contributed by atoms with Crippen LogP contribution in [0.25, 0.3) is 16.7 Å². The summed E-state index contributed by atoms with van der Waals surface area (Å²) in [6.45, 7) is 2.10. The highest BCUT2D eigenvalue weighted by Gasteiger charge is 2.14. The minimum atomic E-state index is 0.553. The van der Waals surface area contributed by atoms with Gasteiger partial charge in [0.2, 0.25) is 0 Å². The molecule has 2 nitrogen and oxygen atoms in total. The lowest BCUT2D eigenvalue weighted by Crippen LogP contribution is -2.04. The van der Waals surface area contributed by atoms with Crippen molar-refractivity contribution in [3.63, 3.8) is 0 Å². The Labute approximate surface area is 145 Å². The highest BCUT2D eigenvalue weighted by atomic mass is 79.9. The third kappa shape index (κ3) is 2.77. The number of imidazole rings is 1. The Morgan fingerprint density at radius 1 is 1.19 bits per heavy atom. The molecule has 5 heteroatoms. The molecule has 0 aliphatic carbocycles. The minimum Gasteiger partial charge on any atom is -0.296 e. The first-order valence-electron chi connectivity index (χ1n) is 6.60. The smallest absolute Gasteiger partial charge is 0.115 e. The lowest BCUT2D eigenvalue weighted by atomic mass is 10.2. The van der Waals surface area contributed by atoms with Gasteiger partial charge in [-0.25, -0.2) is 4.98 Å². The molecule has 0 N–H and O–H groups in total. The van der Waals surface area contributed by atoms with Crippen molar-refractivity contribution in [3.05, 3.63) is 56.7 Å². The molecular weight excluding hydrogens is 415 g/mol. The van der Waals surface area contributed by atoms with Crippen molar-refractivity contribution in [1.29, 1.82) is 0 Å². The zero-order chi connectivity index (χ0) is 15.0. The van der Waals surface area contributed by atoms with E-state index in [4.69, 9.17) is 16.6 Å². The first-order chi connectivity index (χ1) is 10.1. The van der Waals surface area contributed by atoms with Gasteiger partial charge in [-0.15, -0.1) is 11.6 Å². The summed E-state index contributed by atoms with van der Waals surface area (Å²) in [5.41, 5.74) is 4.39. The quantitative estimate of drug-likeness (QED) is 0.494. The molecule has 1 heterocycles. The van der Waals surface area contributed by atoms with E-state index in [2.05, 4.69) is 61.5 Å². The summed E-state index contributed by atoms with van der Waals surface area (Å²) in [4.78, 5) is 4.73. The Balaban J connectivity index is 2.35. The number of fused-ring (bicyclic) bond motifs is 1. The van der Waals surface area contributed by atoms with E-state index in [9.17, 15) is 0 Å². The van der Waals surface area contributed by atoms with E-state index in [1.54, 1.807) is 0 Å². The van der Waals surface area contributed by atoms with Gasteiger partial charge in [0, 0.05) is 21.2 Å². The summed E-state index contributed by atoms with van der Waals surface area (Å²) < 4.78 is 4.33. The van der Waals surface area contributed by atoms with Gasteiger partial charge in [0.25, 0.3) is 0 Å². The van der Waals surface area contributed by atoms with E-state index in [1.165, 1.54) is 5.56 Å². The third-order valence-corrected chi connectivity index (χ3v) is 5.03. The molecule has 1 aromatic heterocycles. The van der Waals surface area contributed by atoms with Crippen LogP contribution >= 0.6 is 43.5 Å². The van der Waals surface area contributed by atoms with Crippen molar-refractivity contribution < 1.29 is 0 Å². The standard InChI is InChI=1S/C16H13Br2ClN2/c1-10-12(18)3-2-4-14(10)21-15-9-11(17)5-6-13(15)20-16(21)7-8-19/h2-6,9H,7-8H2,1H3. The van der Waals surface area contributed by atoms with Crippen molar-refractivity contribution in [2.75, 3.05) is 5.88 Å². The number of hydrogen-bond acceptors (Lipinski definition) is 1. The van der Waals surface area contributed by atoms with Crippen LogP contribution in [0.4, 0.5) is 0 Å². The number of aryl methyl sites for hydroxylation is 1. The topological polar surface area (TPSA) is 17.8 Å². The van der Waals surface area contributed by atoms with E-state index in [1.807, 2.05) is 18.2 Å². The number of nitrogens with zero attached hydrogens (tertiary/aromatic N) is 2. The SMILES string of the molecule is Cc1c(Br)cccc1-n1c(CCCl)nc2ccc(Br)cc21. The number of benzene rings is 2. The van der Waals surface area contributed by atoms with Crippen LogP contribution in [0.2, 0.25) is 0 Å². The summed E-state index contributed by atoms with van der Waals surface area (Å²) in [6, 6.07) is 12.3. The predicted molar refractivity (Wildman–Crippen MR) is 95.6 cm³/mol. The van der Waals surface area contributed by atoms with Gasteiger partial charge in [0.1, 0.15) is 5.82 Å². The normalized spacial score (nSPS) is 11.2. The fourth-order valence-corrected chi connectivity index (χ4v) is 3.33. The molecular formula is C16H13Br2ClN2. The average molecular weight is 429 g/mol. The number of alkyl halides is 1. The van der Waals surface area contributed by atoms with Crippen molar-refractivity contribution in [1.82, 2.24) is 9.55 Å². The summed E-state index contributed by atoms with van der Waals surface area (Å²) >= 11 is 13.1. The van der Waals surface area contributed by atoms with Crippen LogP contribution in [0.1, 0.15) is 11.4 Å². The Morgan fingerprint density at radius 3 is 2.76 bits per heavy atom. The van der Waals surface area contributed by atoms with Crippen LogP contribution in [-0.4, -0.2) is 15.4 Å². The first-order valence-corrected chi connectivity index (χ1v) is 8.72. The Morgan fingerprint density at radius 2 is 2.00 bits per heavy atom. The summed E-state index contributed by atoms with van der Waals surface area (Å²) in [6.07, 6.45) is 0.736. The Hall–Kier alpha value is -0.840. The highest BCUT2D eigenvalue weighted by Crippen LogP contribution is 2.29. The zero-order valence-corrected chi connectivity index (χ0v) is 15.3. The lowest BCUT2D eigenvalue weighted by Gasteiger charge is -2.13. The zero-order valence-electron chi connectivity index (χ0n) is 11.4. The van der Waals surface area contributed by atoms with Crippen LogP contribution in [0.3, 0.4) is 0 Å². The summed E-state index contributed by atoms with van der Waals surface area (Å²) in [7, 11) is 0. The molecule has 3 rings (SSSR count). The van der Waals surface area contributed by atoms with Crippen LogP contribution in [0.5, 0.6) is 0 Å². The fraction of sp³-hybridized carbons (Fsp3) is 0.188. The van der Waals surface area contributed by atoms with E-state index in [0.717, 1.165) is 37.9 Å². The van der Waals surface area contributed by atoms with Gasteiger partial charge in [-0.1, -0.05) is 37.9 Å². The van der Waals surface area contributed by atoms with Crippen molar-refractivity contribution in [2.24, 2.45) is 0 Å². The molecule has 0 radical (unpaired) electrons. The van der Waals surface area contributed by atoms with Gasteiger partial charge in [-0.05, 0) is 42.8 Å². The van der Waals surface area contributed by atoms with Crippen LogP contribution in [-0.2, 0) is 6.42 Å². The van der Waals surface area contributed by atoms with Gasteiger partial charge in [-0.2, -0.15) is 0 Å². The van der Waals surface area contributed by atoms with Gasteiger partial charge < -0.3 is 0 Å². The predicted octanol–water partition coefficient (Wildman–Crippen LogP) is 5.64. The molecule has 0 fully saturated rings. The van der Waals surface area contributed by atoms with Crippen molar-refractivity contribution in [2.45, 2.75) is 13.3 Å². The lowest BCUT2D eigenvalue weighted by molar-refractivity contribution is 0.906. The highest BCUT2D eigenvalue weighted by molar-refractivity contribution is 9.10. The fourth-order valence-electron chi connectivity index (χ4n) is 2.46. The van der Waals surface area contributed by atoms with Gasteiger partial charge in [0.05, 0.1) is 16.7 Å². The summed E-state index contributed by atoms with van der Waals surface area (Å²) in [5.74, 6) is 1.54. The van der Waals surface area contributed by atoms with Crippen LogP contribution in [0.15, 0.2) is 45.3 Å². The molecule has 0 atom stereocenters. The monoisotopic (exact) mass is 426 g/mol. The maximum Gasteiger partial charge on any atom is 0.115 e. The van der Waals surface area contributed by atoms with E-state index >= 15 is 0 Å². The number of hydrogen-bond donors (Lipinski definition) is 0. The molecule has 0 spiro atoms. The Bertz CT molecular complexity index is 811. The van der Waals surface area contributed by atoms with Crippen molar-refractivity contribution >= 4 is 54.5 Å². The molecule has 0 aliphatic heterocycles. The van der Waals surface area contributed by atoms with Gasteiger partial charge in [0.15, 0.2) is 0 Å². The maximum atomic E-state index is 5.95. The number of rotatable bonds is 3. The molecule has 0 unspecified atom stereocenters. The Kier molecular flexibility index (Phi) is 4.38. The molecule has 2 aromatic carbocycles. The second kappa shape index (κ2) is 6.11. The molecule has 108 valence electrons. The molecule has 3 aromatic rings.